The molecule has 0 bridgehead atoms. The van der Waals surface area contributed by atoms with Gasteiger partial charge in [-0.05, 0) is 12.1 Å². The third-order valence-corrected chi connectivity index (χ3v) is 2.10. The van der Waals surface area contributed by atoms with Crippen LogP contribution in [-0.4, -0.2) is 0 Å². The molecule has 0 aliphatic carbocycles. The molecule has 0 saturated heterocycles. The Kier molecular flexibility index (Phi) is 2.21. The maximum absolute atomic E-state index is 12.5. The van der Waals surface area contributed by atoms with Crippen LogP contribution in [0.15, 0.2) is 21.9 Å². The van der Waals surface area contributed by atoms with Gasteiger partial charge >= 0.3 is 0 Å². The number of halogens is 2. The van der Waals surface area contributed by atoms with E-state index in [1.807, 2.05) is 0 Å². The Morgan fingerprint density at radius 3 is 1.50 bits per heavy atom. The summed E-state index contributed by atoms with van der Waals surface area (Å²) >= 11 is 7.38. The predicted molar refractivity (Wildman–Crippen MR) is 40.9 cm³/mol. The summed E-state index contributed by atoms with van der Waals surface area (Å²) in [6.07, 6.45) is 0. The van der Waals surface area contributed by atoms with E-state index in [-0.39, 0.29) is 9.79 Å². The highest BCUT2D eigenvalue weighted by Gasteiger charge is 2.05. The summed E-state index contributed by atoms with van der Waals surface area (Å²) in [5.41, 5.74) is 0. The molecule has 10 heavy (non-hydrogen) atoms. The third-order valence-electron chi connectivity index (χ3n) is 1.05. The molecule has 0 aromatic heterocycles. The Labute approximate surface area is 68.1 Å². The van der Waals surface area contributed by atoms with Gasteiger partial charge in [-0.1, -0.05) is 0 Å². The minimum atomic E-state index is -0.560. The molecule has 4 heteroatoms. The van der Waals surface area contributed by atoms with E-state index in [0.29, 0.717) is 0 Å². The Bertz CT molecular complexity index is 233. The van der Waals surface area contributed by atoms with Crippen molar-refractivity contribution >= 4 is 25.3 Å². The first-order valence-electron chi connectivity index (χ1n) is 2.49. The molecule has 0 fully saturated rings. The summed E-state index contributed by atoms with van der Waals surface area (Å²) in [4.78, 5) is -0.105. The predicted octanol–water partition coefficient (Wildman–Crippen LogP) is 2.54. The zero-order chi connectivity index (χ0) is 7.72. The van der Waals surface area contributed by atoms with Gasteiger partial charge in [0.2, 0.25) is 0 Å². The smallest absolute Gasteiger partial charge is 0.137 e. The van der Waals surface area contributed by atoms with Crippen LogP contribution in [0, 0.1) is 11.6 Å². The van der Waals surface area contributed by atoms with Crippen LogP contribution < -0.4 is 0 Å². The first-order chi connectivity index (χ1) is 4.63. The third kappa shape index (κ3) is 1.27. The van der Waals surface area contributed by atoms with Gasteiger partial charge in [0.05, 0.1) is 9.79 Å². The summed E-state index contributed by atoms with van der Waals surface area (Å²) in [7, 11) is 0. The van der Waals surface area contributed by atoms with Crippen molar-refractivity contribution in [3.63, 3.8) is 0 Å². The molecule has 0 radical (unpaired) electrons. The molecular weight excluding hydrogens is 174 g/mol. The lowest BCUT2D eigenvalue weighted by atomic mass is 10.3. The van der Waals surface area contributed by atoms with E-state index in [1.165, 1.54) is 0 Å². The van der Waals surface area contributed by atoms with Gasteiger partial charge < -0.3 is 0 Å². The standard InChI is InChI=1S/C6H4F2S2/c7-3-1-2-4(8)6(10)5(3)9/h1-2,9-10H. The minimum absolute atomic E-state index is 0.0525. The second-order valence-corrected chi connectivity index (χ2v) is 2.62. The molecule has 0 amide bonds. The molecule has 0 N–H and O–H groups in total. The average Bonchev–Trinajstić information content (AvgIpc) is 1.93. The molecule has 0 unspecified atom stereocenters. The van der Waals surface area contributed by atoms with Crippen LogP contribution in [0.1, 0.15) is 0 Å². The number of hydrogen-bond donors (Lipinski definition) is 2. The molecule has 1 rings (SSSR count). The molecule has 0 aliphatic rings. The molecule has 0 spiro atoms. The minimum Gasteiger partial charge on any atom is -0.206 e. The van der Waals surface area contributed by atoms with Crippen LogP contribution in [0.4, 0.5) is 8.78 Å². The second kappa shape index (κ2) is 2.80. The maximum atomic E-state index is 12.5. The lowest BCUT2D eigenvalue weighted by molar-refractivity contribution is 0.552. The van der Waals surface area contributed by atoms with Crippen molar-refractivity contribution in [1.82, 2.24) is 0 Å². The van der Waals surface area contributed by atoms with Crippen LogP contribution in [0.2, 0.25) is 0 Å². The summed E-state index contributed by atoms with van der Waals surface area (Å²) < 4.78 is 24.9. The van der Waals surface area contributed by atoms with Gasteiger partial charge in [-0.25, -0.2) is 8.78 Å². The van der Waals surface area contributed by atoms with E-state index in [1.54, 1.807) is 0 Å². The van der Waals surface area contributed by atoms with E-state index in [4.69, 9.17) is 0 Å². The van der Waals surface area contributed by atoms with E-state index in [2.05, 4.69) is 25.3 Å². The normalized spacial score (nSPS) is 10.0. The molecule has 0 heterocycles. The highest BCUT2D eigenvalue weighted by molar-refractivity contribution is 7.83. The lowest BCUT2D eigenvalue weighted by Gasteiger charge is -1.98. The zero-order valence-electron chi connectivity index (χ0n) is 4.81. The van der Waals surface area contributed by atoms with Crippen LogP contribution in [-0.2, 0) is 0 Å². The zero-order valence-corrected chi connectivity index (χ0v) is 6.59. The maximum Gasteiger partial charge on any atom is 0.137 e. The summed E-state index contributed by atoms with van der Waals surface area (Å²) in [6.45, 7) is 0. The molecule has 54 valence electrons. The first-order valence-corrected chi connectivity index (χ1v) is 3.38. The number of benzene rings is 1. The highest BCUT2D eigenvalue weighted by atomic mass is 32.1. The number of hydrogen-bond acceptors (Lipinski definition) is 2. The molecule has 1 aromatic carbocycles. The van der Waals surface area contributed by atoms with Gasteiger partial charge in [-0.2, -0.15) is 0 Å². The van der Waals surface area contributed by atoms with Crippen LogP contribution in [0.25, 0.3) is 0 Å². The molecular formula is C6H4F2S2. The Morgan fingerprint density at radius 1 is 0.900 bits per heavy atom. The van der Waals surface area contributed by atoms with Gasteiger partial charge in [0.25, 0.3) is 0 Å². The van der Waals surface area contributed by atoms with Gasteiger partial charge in [-0.3, -0.25) is 0 Å². The van der Waals surface area contributed by atoms with Crippen LogP contribution >= 0.6 is 25.3 Å². The van der Waals surface area contributed by atoms with Crippen LogP contribution in [0.3, 0.4) is 0 Å². The van der Waals surface area contributed by atoms with E-state index >= 15 is 0 Å². The fourth-order valence-corrected chi connectivity index (χ4v) is 0.893. The summed E-state index contributed by atoms with van der Waals surface area (Å²) in [5, 5.41) is 0. The number of rotatable bonds is 0. The first kappa shape index (κ1) is 7.88. The van der Waals surface area contributed by atoms with E-state index in [9.17, 15) is 8.78 Å². The van der Waals surface area contributed by atoms with Crippen molar-refractivity contribution < 1.29 is 8.78 Å². The number of thiol groups is 2. The second-order valence-electron chi connectivity index (χ2n) is 1.73. The molecule has 0 nitrogen and oxygen atoms in total. The topological polar surface area (TPSA) is 0 Å². The van der Waals surface area contributed by atoms with Crippen molar-refractivity contribution in [3.8, 4) is 0 Å². The summed E-state index contributed by atoms with van der Waals surface area (Å²) in [5.74, 6) is -1.12. The summed E-state index contributed by atoms with van der Waals surface area (Å²) in [6, 6.07) is 2.02. The van der Waals surface area contributed by atoms with E-state index < -0.39 is 11.6 Å². The average molecular weight is 178 g/mol. The van der Waals surface area contributed by atoms with Crippen molar-refractivity contribution in [2.45, 2.75) is 9.79 Å². The van der Waals surface area contributed by atoms with Gasteiger partial charge in [-0.15, -0.1) is 25.3 Å². The monoisotopic (exact) mass is 178 g/mol. The Hall–Kier alpha value is -0.220. The molecule has 0 saturated carbocycles. The molecule has 1 aromatic rings. The lowest BCUT2D eigenvalue weighted by Crippen LogP contribution is -1.83. The molecule has 0 atom stereocenters. The van der Waals surface area contributed by atoms with Crippen molar-refractivity contribution in [2.24, 2.45) is 0 Å². The van der Waals surface area contributed by atoms with Crippen LogP contribution in [0.5, 0.6) is 0 Å². The van der Waals surface area contributed by atoms with Gasteiger partial charge in [0.15, 0.2) is 0 Å². The molecule has 0 aliphatic heterocycles. The highest BCUT2D eigenvalue weighted by Crippen LogP contribution is 2.23. The Morgan fingerprint density at radius 2 is 1.20 bits per heavy atom. The van der Waals surface area contributed by atoms with Crippen molar-refractivity contribution in [3.05, 3.63) is 23.8 Å². The van der Waals surface area contributed by atoms with E-state index in [0.717, 1.165) is 12.1 Å². The van der Waals surface area contributed by atoms with Gasteiger partial charge in [0, 0.05) is 0 Å². The Balaban J connectivity index is 3.34. The largest absolute Gasteiger partial charge is 0.206 e. The SMILES string of the molecule is Fc1ccc(F)c(S)c1S. The van der Waals surface area contributed by atoms with Gasteiger partial charge in [0.1, 0.15) is 11.6 Å². The fourth-order valence-electron chi connectivity index (χ4n) is 0.530. The fraction of sp³-hybridized carbons (Fsp3) is 0. The van der Waals surface area contributed by atoms with Crippen molar-refractivity contribution in [2.75, 3.05) is 0 Å². The van der Waals surface area contributed by atoms with Crippen molar-refractivity contribution in [1.29, 1.82) is 0 Å². The quantitative estimate of drug-likeness (QED) is 0.560.